The fraction of sp³-hybridized carbons (Fsp3) is 0.0741. The van der Waals surface area contributed by atoms with Crippen LogP contribution in [0.1, 0.15) is 21.5 Å². The third-order valence-electron chi connectivity index (χ3n) is 5.66. The molecule has 32 heavy (non-hydrogen) atoms. The summed E-state index contributed by atoms with van der Waals surface area (Å²) in [6.07, 6.45) is -1.10. The number of anilines is 1. The Labute approximate surface area is 185 Å². The summed E-state index contributed by atoms with van der Waals surface area (Å²) in [5.74, 6) is -0.563. The minimum Gasteiger partial charge on any atom is -0.302 e. The molecule has 4 aromatic carbocycles. The third kappa shape index (κ3) is 3.59. The number of para-hydroxylation sites is 1. The maximum atomic E-state index is 13.2. The lowest BCUT2D eigenvalue weighted by atomic mass is 10.00. The Balaban J connectivity index is 1.54. The molecule has 1 aliphatic rings. The Bertz CT molecular complexity index is 1360. The summed E-state index contributed by atoms with van der Waals surface area (Å²) in [5, 5.41) is 2.04. The SMILES string of the molecule is NC1N=C(c2ccccc2)c2ccccc2N(CC(=O)c2ccc3ccccc3c2)C1=O. The number of Topliss-reactive ketones (excluding diaryl/α,β-unsaturated/α-hetero) is 1. The summed E-state index contributed by atoms with van der Waals surface area (Å²) in [6, 6.07) is 30.5. The van der Waals surface area contributed by atoms with Crippen molar-refractivity contribution in [2.75, 3.05) is 11.4 Å². The number of amides is 1. The van der Waals surface area contributed by atoms with Crippen molar-refractivity contribution in [3.05, 3.63) is 114 Å². The number of fused-ring (bicyclic) bond motifs is 2. The van der Waals surface area contributed by atoms with Crippen LogP contribution in [0.4, 0.5) is 5.69 Å². The van der Waals surface area contributed by atoms with Crippen LogP contribution >= 0.6 is 0 Å². The summed E-state index contributed by atoms with van der Waals surface area (Å²) in [6.45, 7) is -0.112. The maximum Gasteiger partial charge on any atom is 0.266 e. The first kappa shape index (κ1) is 19.8. The molecule has 0 aliphatic carbocycles. The highest BCUT2D eigenvalue weighted by Crippen LogP contribution is 2.28. The molecule has 0 radical (unpaired) electrons. The molecule has 0 fully saturated rings. The normalized spacial score (nSPS) is 15.8. The van der Waals surface area contributed by atoms with E-state index in [1.807, 2.05) is 91.0 Å². The fourth-order valence-electron chi connectivity index (χ4n) is 4.04. The average Bonchev–Trinajstić information content (AvgIpc) is 2.95. The van der Waals surface area contributed by atoms with Crippen LogP contribution in [0.5, 0.6) is 0 Å². The fourth-order valence-corrected chi connectivity index (χ4v) is 4.04. The Morgan fingerprint density at radius 2 is 1.53 bits per heavy atom. The topological polar surface area (TPSA) is 75.8 Å². The van der Waals surface area contributed by atoms with Crippen molar-refractivity contribution >= 4 is 33.9 Å². The van der Waals surface area contributed by atoms with Gasteiger partial charge in [-0.15, -0.1) is 0 Å². The zero-order valence-electron chi connectivity index (χ0n) is 17.3. The predicted molar refractivity (Wildman–Crippen MR) is 127 cm³/mol. The molecular formula is C27H21N3O2. The van der Waals surface area contributed by atoms with Crippen molar-refractivity contribution in [1.29, 1.82) is 0 Å². The Hall–Kier alpha value is -4.09. The van der Waals surface area contributed by atoms with Crippen molar-refractivity contribution in [3.63, 3.8) is 0 Å². The zero-order valence-corrected chi connectivity index (χ0v) is 17.3. The maximum absolute atomic E-state index is 13.2. The molecule has 1 amide bonds. The van der Waals surface area contributed by atoms with Crippen LogP contribution in [-0.4, -0.2) is 30.1 Å². The van der Waals surface area contributed by atoms with Gasteiger partial charge in [-0.05, 0) is 22.9 Å². The molecule has 0 bridgehead atoms. The Kier molecular flexibility index (Phi) is 5.09. The van der Waals surface area contributed by atoms with Crippen LogP contribution in [0.3, 0.4) is 0 Å². The monoisotopic (exact) mass is 419 g/mol. The van der Waals surface area contributed by atoms with Gasteiger partial charge in [-0.3, -0.25) is 14.6 Å². The molecule has 1 heterocycles. The molecule has 0 spiro atoms. The van der Waals surface area contributed by atoms with Gasteiger partial charge in [-0.2, -0.15) is 0 Å². The first-order valence-electron chi connectivity index (χ1n) is 10.4. The van der Waals surface area contributed by atoms with Gasteiger partial charge >= 0.3 is 0 Å². The second kappa shape index (κ2) is 8.21. The average molecular weight is 419 g/mol. The van der Waals surface area contributed by atoms with E-state index in [4.69, 9.17) is 5.73 Å². The van der Waals surface area contributed by atoms with Crippen molar-refractivity contribution in [3.8, 4) is 0 Å². The summed E-state index contributed by atoms with van der Waals surface area (Å²) in [4.78, 5) is 32.4. The molecule has 2 N–H and O–H groups in total. The molecule has 1 unspecified atom stereocenters. The van der Waals surface area contributed by atoms with Crippen molar-refractivity contribution in [2.45, 2.75) is 6.17 Å². The molecule has 5 heteroatoms. The second-order valence-electron chi connectivity index (χ2n) is 7.72. The van der Waals surface area contributed by atoms with Crippen LogP contribution < -0.4 is 10.6 Å². The minimum absolute atomic E-state index is 0.112. The molecule has 156 valence electrons. The van der Waals surface area contributed by atoms with Gasteiger partial charge in [0.25, 0.3) is 5.91 Å². The predicted octanol–water partition coefficient (Wildman–Crippen LogP) is 4.19. The van der Waals surface area contributed by atoms with Crippen molar-refractivity contribution < 1.29 is 9.59 Å². The summed E-state index contributed by atoms with van der Waals surface area (Å²) in [7, 11) is 0. The number of rotatable bonds is 4. The quantitative estimate of drug-likeness (QED) is 0.504. The second-order valence-corrected chi connectivity index (χ2v) is 7.72. The van der Waals surface area contributed by atoms with Crippen molar-refractivity contribution in [1.82, 2.24) is 0 Å². The van der Waals surface area contributed by atoms with Crippen LogP contribution in [0, 0.1) is 0 Å². The number of carbonyl (C=O) groups is 2. The first-order chi connectivity index (χ1) is 15.6. The highest BCUT2D eigenvalue weighted by Gasteiger charge is 2.31. The van der Waals surface area contributed by atoms with E-state index in [0.29, 0.717) is 17.0 Å². The van der Waals surface area contributed by atoms with E-state index in [0.717, 1.165) is 21.9 Å². The third-order valence-corrected chi connectivity index (χ3v) is 5.66. The highest BCUT2D eigenvalue weighted by atomic mass is 16.2. The number of carbonyl (C=O) groups excluding carboxylic acids is 2. The molecule has 5 nitrogen and oxygen atoms in total. The van der Waals surface area contributed by atoms with E-state index in [9.17, 15) is 9.59 Å². The van der Waals surface area contributed by atoms with Gasteiger partial charge in [0, 0.05) is 16.7 Å². The van der Waals surface area contributed by atoms with Crippen molar-refractivity contribution in [2.24, 2.45) is 10.7 Å². The van der Waals surface area contributed by atoms with Gasteiger partial charge in [0.1, 0.15) is 0 Å². The number of hydrogen-bond acceptors (Lipinski definition) is 4. The molecule has 5 rings (SSSR count). The van der Waals surface area contributed by atoms with Gasteiger partial charge in [0.15, 0.2) is 11.9 Å². The number of ketones is 1. The van der Waals surface area contributed by atoms with E-state index in [2.05, 4.69) is 4.99 Å². The molecular weight excluding hydrogens is 398 g/mol. The number of nitrogens with zero attached hydrogens (tertiary/aromatic N) is 2. The largest absolute Gasteiger partial charge is 0.302 e. The Morgan fingerprint density at radius 3 is 2.34 bits per heavy atom. The molecule has 0 aromatic heterocycles. The number of benzodiazepines with no additional fused rings is 1. The van der Waals surface area contributed by atoms with Gasteiger partial charge in [0.2, 0.25) is 0 Å². The number of benzene rings is 4. The Morgan fingerprint density at radius 1 is 0.844 bits per heavy atom. The standard InChI is InChI=1S/C27H21N3O2/c28-26-27(32)30(17-24(31)21-15-14-18-8-4-5-11-20(18)16-21)23-13-7-6-12-22(23)25(29-26)19-9-2-1-3-10-19/h1-16,26H,17,28H2. The van der Waals surface area contributed by atoms with Gasteiger partial charge in [-0.25, -0.2) is 0 Å². The summed E-state index contributed by atoms with van der Waals surface area (Å²) in [5.41, 5.74) is 9.63. The van der Waals surface area contributed by atoms with E-state index in [-0.39, 0.29) is 12.3 Å². The highest BCUT2D eigenvalue weighted by molar-refractivity contribution is 6.21. The number of hydrogen-bond donors (Lipinski definition) is 1. The lowest BCUT2D eigenvalue weighted by Crippen LogP contribution is -2.44. The minimum atomic E-state index is -1.10. The molecule has 1 aliphatic heterocycles. The molecule has 1 atom stereocenters. The number of nitrogens with two attached hydrogens (primary N) is 1. The summed E-state index contributed by atoms with van der Waals surface area (Å²) < 4.78 is 0. The number of aliphatic imine (C=N–C) groups is 1. The van der Waals surface area contributed by atoms with Gasteiger partial charge in [-0.1, -0.05) is 84.9 Å². The molecule has 0 saturated carbocycles. The summed E-state index contributed by atoms with van der Waals surface area (Å²) >= 11 is 0. The molecule has 0 saturated heterocycles. The van der Waals surface area contributed by atoms with Crippen LogP contribution in [-0.2, 0) is 4.79 Å². The van der Waals surface area contributed by atoms with Gasteiger partial charge in [0.05, 0.1) is 17.9 Å². The first-order valence-corrected chi connectivity index (χ1v) is 10.4. The molecule has 4 aromatic rings. The van der Waals surface area contributed by atoms with Gasteiger partial charge < -0.3 is 10.6 Å². The van der Waals surface area contributed by atoms with Crippen LogP contribution in [0.2, 0.25) is 0 Å². The lowest BCUT2D eigenvalue weighted by molar-refractivity contribution is -0.119. The van der Waals surface area contributed by atoms with E-state index < -0.39 is 12.1 Å². The smallest absolute Gasteiger partial charge is 0.266 e. The van der Waals surface area contributed by atoms with Crippen LogP contribution in [0.15, 0.2) is 102 Å². The lowest BCUT2D eigenvalue weighted by Gasteiger charge is -2.23. The van der Waals surface area contributed by atoms with E-state index >= 15 is 0 Å². The zero-order chi connectivity index (χ0) is 22.1. The van der Waals surface area contributed by atoms with E-state index in [1.165, 1.54) is 4.90 Å². The van der Waals surface area contributed by atoms with E-state index in [1.54, 1.807) is 6.07 Å². The van der Waals surface area contributed by atoms with Crippen LogP contribution in [0.25, 0.3) is 10.8 Å².